The summed E-state index contributed by atoms with van der Waals surface area (Å²) in [7, 11) is 0. The molecule has 3 nitrogen and oxygen atoms in total. The molecule has 2 rings (SSSR count). The van der Waals surface area contributed by atoms with E-state index >= 15 is 0 Å². The van der Waals surface area contributed by atoms with E-state index in [1.807, 2.05) is 13.8 Å². The molecular weight excluding hydrogens is 224 g/mol. The van der Waals surface area contributed by atoms with Crippen molar-refractivity contribution >= 4 is 11.6 Å². The average Bonchev–Trinajstić information content (AvgIpc) is 2.31. The van der Waals surface area contributed by atoms with Gasteiger partial charge in [-0.05, 0) is 45.1 Å². The molecule has 1 aromatic heterocycles. The second-order valence-electron chi connectivity index (χ2n) is 4.42. The van der Waals surface area contributed by atoms with Crippen LogP contribution in [0.1, 0.15) is 43.2 Å². The number of halogens is 1. The third kappa shape index (κ3) is 2.46. The van der Waals surface area contributed by atoms with E-state index < -0.39 is 0 Å². The van der Waals surface area contributed by atoms with Gasteiger partial charge in [0.05, 0.1) is 0 Å². The lowest BCUT2D eigenvalue weighted by molar-refractivity contribution is 0.146. The first kappa shape index (κ1) is 11.6. The van der Waals surface area contributed by atoms with Crippen molar-refractivity contribution in [2.24, 2.45) is 0 Å². The maximum Gasteiger partial charge on any atom is 0.237 e. The van der Waals surface area contributed by atoms with Gasteiger partial charge in [0.2, 0.25) is 5.88 Å². The van der Waals surface area contributed by atoms with Crippen LogP contribution in [-0.4, -0.2) is 16.3 Å². The highest BCUT2D eigenvalue weighted by Crippen LogP contribution is 2.26. The van der Waals surface area contributed by atoms with Crippen LogP contribution < -0.4 is 4.74 Å². The van der Waals surface area contributed by atoms with Gasteiger partial charge in [-0.3, -0.25) is 0 Å². The normalized spacial score (nSPS) is 17.4. The van der Waals surface area contributed by atoms with E-state index in [-0.39, 0.29) is 0 Å². The summed E-state index contributed by atoms with van der Waals surface area (Å²) in [4.78, 5) is 0. The average molecular weight is 241 g/mol. The van der Waals surface area contributed by atoms with Gasteiger partial charge in [-0.25, -0.2) is 0 Å². The van der Waals surface area contributed by atoms with Gasteiger partial charge in [0, 0.05) is 5.56 Å². The third-order valence-electron chi connectivity index (χ3n) is 3.25. The van der Waals surface area contributed by atoms with Gasteiger partial charge >= 0.3 is 0 Å². The monoisotopic (exact) mass is 240 g/mol. The van der Waals surface area contributed by atoms with Gasteiger partial charge in [0.1, 0.15) is 6.10 Å². The van der Waals surface area contributed by atoms with E-state index in [0.29, 0.717) is 17.1 Å². The van der Waals surface area contributed by atoms with Crippen LogP contribution in [-0.2, 0) is 0 Å². The minimum atomic E-state index is 0.308. The Hall–Kier alpha value is -0.830. The fourth-order valence-corrected chi connectivity index (χ4v) is 2.19. The van der Waals surface area contributed by atoms with Crippen molar-refractivity contribution in [1.82, 2.24) is 10.2 Å². The summed E-state index contributed by atoms with van der Waals surface area (Å²) in [6, 6.07) is 0. The lowest BCUT2D eigenvalue weighted by Crippen LogP contribution is -2.21. The lowest BCUT2D eigenvalue weighted by atomic mass is 9.98. The Labute approximate surface area is 101 Å². The van der Waals surface area contributed by atoms with Crippen molar-refractivity contribution < 1.29 is 4.74 Å². The minimum Gasteiger partial charge on any atom is -0.473 e. The highest BCUT2D eigenvalue weighted by molar-refractivity contribution is 6.30. The molecule has 0 N–H and O–H groups in total. The summed E-state index contributed by atoms with van der Waals surface area (Å²) in [5.74, 6) is 0.647. The molecule has 0 radical (unpaired) electrons. The van der Waals surface area contributed by atoms with Crippen LogP contribution in [0.25, 0.3) is 0 Å². The van der Waals surface area contributed by atoms with E-state index in [4.69, 9.17) is 16.3 Å². The Morgan fingerprint density at radius 2 is 1.75 bits per heavy atom. The summed E-state index contributed by atoms with van der Waals surface area (Å²) >= 11 is 5.90. The molecule has 0 amide bonds. The molecule has 0 atom stereocenters. The Morgan fingerprint density at radius 3 is 2.44 bits per heavy atom. The van der Waals surface area contributed by atoms with E-state index in [0.717, 1.165) is 24.0 Å². The van der Waals surface area contributed by atoms with Crippen LogP contribution in [0.4, 0.5) is 0 Å². The molecule has 1 heterocycles. The molecule has 0 saturated heterocycles. The molecule has 88 valence electrons. The fraction of sp³-hybridized carbons (Fsp3) is 0.667. The minimum absolute atomic E-state index is 0.308. The number of aromatic nitrogens is 2. The number of hydrogen-bond acceptors (Lipinski definition) is 3. The van der Waals surface area contributed by atoms with Gasteiger partial charge in [-0.2, -0.15) is 0 Å². The van der Waals surface area contributed by atoms with Crippen LogP contribution in [0.15, 0.2) is 0 Å². The smallest absolute Gasteiger partial charge is 0.237 e. The SMILES string of the molecule is Cc1c(Cl)nnc(OC2CCCCC2)c1C. The first-order chi connectivity index (χ1) is 7.68. The standard InChI is InChI=1S/C12H17ClN2O/c1-8-9(2)12(15-14-11(8)13)16-10-6-4-3-5-7-10/h10H,3-7H2,1-2H3. The van der Waals surface area contributed by atoms with Crippen molar-refractivity contribution in [3.05, 3.63) is 16.3 Å². The number of rotatable bonds is 2. The molecule has 1 aliphatic carbocycles. The summed E-state index contributed by atoms with van der Waals surface area (Å²) < 4.78 is 5.89. The molecule has 0 unspecified atom stereocenters. The van der Waals surface area contributed by atoms with Gasteiger partial charge in [0.15, 0.2) is 5.15 Å². The highest BCUT2D eigenvalue weighted by atomic mass is 35.5. The third-order valence-corrected chi connectivity index (χ3v) is 3.61. The van der Waals surface area contributed by atoms with Crippen molar-refractivity contribution in [2.45, 2.75) is 52.1 Å². The summed E-state index contributed by atoms with van der Waals surface area (Å²) in [6.45, 7) is 3.92. The predicted octanol–water partition coefficient (Wildman–Crippen LogP) is 3.46. The van der Waals surface area contributed by atoms with Crippen LogP contribution in [0.2, 0.25) is 5.15 Å². The van der Waals surface area contributed by atoms with Crippen molar-refractivity contribution in [2.75, 3.05) is 0 Å². The Kier molecular flexibility index (Phi) is 3.64. The van der Waals surface area contributed by atoms with E-state index in [1.165, 1.54) is 19.3 Å². The van der Waals surface area contributed by atoms with Crippen molar-refractivity contribution in [3.8, 4) is 5.88 Å². The molecule has 1 fully saturated rings. The van der Waals surface area contributed by atoms with Gasteiger partial charge in [-0.1, -0.05) is 18.0 Å². The molecular formula is C12H17ClN2O. The molecule has 0 aromatic carbocycles. The topological polar surface area (TPSA) is 35.0 Å². The summed E-state index contributed by atoms with van der Waals surface area (Å²) in [5.41, 5.74) is 1.97. The van der Waals surface area contributed by atoms with Gasteiger partial charge < -0.3 is 4.74 Å². The number of hydrogen-bond donors (Lipinski definition) is 0. The van der Waals surface area contributed by atoms with Crippen LogP contribution in [0.3, 0.4) is 0 Å². The quantitative estimate of drug-likeness (QED) is 0.794. The predicted molar refractivity (Wildman–Crippen MR) is 64.0 cm³/mol. The van der Waals surface area contributed by atoms with Gasteiger partial charge in [0.25, 0.3) is 0 Å². The summed E-state index contributed by atoms with van der Waals surface area (Å²) in [6.07, 6.45) is 6.39. The van der Waals surface area contributed by atoms with Crippen LogP contribution in [0, 0.1) is 13.8 Å². The molecule has 4 heteroatoms. The zero-order chi connectivity index (χ0) is 11.5. The van der Waals surface area contributed by atoms with Crippen LogP contribution in [0.5, 0.6) is 5.88 Å². The van der Waals surface area contributed by atoms with E-state index in [2.05, 4.69) is 10.2 Å². The van der Waals surface area contributed by atoms with E-state index in [1.54, 1.807) is 0 Å². The Morgan fingerprint density at radius 1 is 1.06 bits per heavy atom. The zero-order valence-corrected chi connectivity index (χ0v) is 10.5. The molecule has 1 aromatic rings. The zero-order valence-electron chi connectivity index (χ0n) is 9.79. The Balaban J connectivity index is 2.11. The van der Waals surface area contributed by atoms with E-state index in [9.17, 15) is 0 Å². The maximum atomic E-state index is 5.90. The molecule has 0 bridgehead atoms. The largest absolute Gasteiger partial charge is 0.473 e. The molecule has 1 saturated carbocycles. The molecule has 0 spiro atoms. The molecule has 1 aliphatic rings. The maximum absolute atomic E-state index is 5.90. The molecule has 16 heavy (non-hydrogen) atoms. The van der Waals surface area contributed by atoms with Crippen LogP contribution >= 0.6 is 11.6 Å². The lowest BCUT2D eigenvalue weighted by Gasteiger charge is -2.23. The van der Waals surface area contributed by atoms with Crippen molar-refractivity contribution in [3.63, 3.8) is 0 Å². The highest BCUT2D eigenvalue weighted by Gasteiger charge is 2.18. The molecule has 0 aliphatic heterocycles. The van der Waals surface area contributed by atoms with Crippen molar-refractivity contribution in [1.29, 1.82) is 0 Å². The Bertz CT molecular complexity index is 376. The first-order valence-electron chi connectivity index (χ1n) is 5.84. The second kappa shape index (κ2) is 5.00. The number of nitrogens with zero attached hydrogens (tertiary/aromatic N) is 2. The number of ether oxygens (including phenoxy) is 1. The summed E-state index contributed by atoms with van der Waals surface area (Å²) in [5, 5.41) is 8.39. The van der Waals surface area contributed by atoms with Gasteiger partial charge in [-0.15, -0.1) is 10.2 Å². The first-order valence-corrected chi connectivity index (χ1v) is 6.22. The fourth-order valence-electron chi connectivity index (χ4n) is 2.01. The second-order valence-corrected chi connectivity index (χ2v) is 4.78.